The largest absolute Gasteiger partial charge is 0.388 e. The summed E-state index contributed by atoms with van der Waals surface area (Å²) in [5.74, 6) is 0. The predicted molar refractivity (Wildman–Crippen MR) is 56.1 cm³/mol. The Morgan fingerprint density at radius 1 is 0.929 bits per heavy atom. The third-order valence-corrected chi connectivity index (χ3v) is 1.17. The Morgan fingerprint density at radius 2 is 1.29 bits per heavy atom. The smallest absolute Gasteiger partial charge is 0.0351 e. The Balaban J connectivity index is 0. The van der Waals surface area contributed by atoms with Crippen molar-refractivity contribution in [1.82, 2.24) is 0 Å². The average molecular weight is 355 g/mol. The zero-order valence-electron chi connectivity index (χ0n) is 8.79. The van der Waals surface area contributed by atoms with Crippen LogP contribution >= 0.6 is 0 Å². The first-order valence-corrected chi connectivity index (χ1v) is 4.25. The molecule has 0 amide bonds. The van der Waals surface area contributed by atoms with E-state index in [2.05, 4.69) is 29.0 Å². The van der Waals surface area contributed by atoms with E-state index in [4.69, 9.17) is 0 Å². The van der Waals surface area contributed by atoms with Gasteiger partial charge in [0.05, 0.1) is 0 Å². The second-order valence-electron chi connectivity index (χ2n) is 2.41. The molecule has 0 N–H and O–H groups in total. The summed E-state index contributed by atoms with van der Waals surface area (Å²) in [7, 11) is 3.25. The van der Waals surface area contributed by atoms with E-state index in [1.54, 1.807) is 14.2 Å². The van der Waals surface area contributed by atoms with Gasteiger partial charge >= 0.3 is 0 Å². The Hall–Kier alpha value is -0.210. The van der Waals surface area contributed by atoms with Gasteiger partial charge in [-0.3, -0.25) is 12.2 Å². The van der Waals surface area contributed by atoms with Crippen LogP contribution in [-0.2, 0) is 30.6 Å². The molecule has 76 valence electrons. The molecule has 2 heteroatoms. The van der Waals surface area contributed by atoms with Crippen molar-refractivity contribution >= 4 is 0 Å². The fourth-order valence-electron chi connectivity index (χ4n) is 0.680. The summed E-state index contributed by atoms with van der Waals surface area (Å²) in [6, 6.07) is 0. The molecule has 0 atom stereocenters. The van der Waals surface area contributed by atoms with Crippen LogP contribution < -0.4 is 0 Å². The molecule has 2 aliphatic rings. The predicted octanol–water partition coefficient (Wildman–Crippen LogP) is 2.87. The maximum absolute atomic E-state index is 4.25. The summed E-state index contributed by atoms with van der Waals surface area (Å²) in [5.41, 5.74) is 0. The van der Waals surface area contributed by atoms with Gasteiger partial charge in [0.1, 0.15) is 0 Å². The maximum Gasteiger partial charge on any atom is 0.0351 e. The van der Waals surface area contributed by atoms with Gasteiger partial charge in [0.15, 0.2) is 0 Å². The molecular weight excluding hydrogens is 339 g/mol. The summed E-state index contributed by atoms with van der Waals surface area (Å²) >= 11 is 0. The Morgan fingerprint density at radius 3 is 1.36 bits per heavy atom. The Labute approximate surface area is 106 Å². The second-order valence-corrected chi connectivity index (χ2v) is 2.41. The monoisotopic (exact) mass is 356 g/mol. The van der Waals surface area contributed by atoms with Crippen molar-refractivity contribution in [3.8, 4) is 0 Å². The number of methoxy groups -OCH3 is 1. The van der Waals surface area contributed by atoms with Crippen LogP contribution in [0.15, 0.2) is 36.5 Å². The molecule has 0 aliphatic heterocycles. The zero-order valence-corrected chi connectivity index (χ0v) is 12.4. The molecular formula is C12H16HfO-2. The molecule has 2 rings (SSSR count). The van der Waals surface area contributed by atoms with Crippen LogP contribution in [0.4, 0.5) is 0 Å². The van der Waals surface area contributed by atoms with Crippen LogP contribution in [0.2, 0.25) is 0 Å². The van der Waals surface area contributed by atoms with Crippen molar-refractivity contribution in [2.75, 3.05) is 14.2 Å². The van der Waals surface area contributed by atoms with Crippen LogP contribution in [-0.4, -0.2) is 14.2 Å². The van der Waals surface area contributed by atoms with Crippen molar-refractivity contribution in [3.05, 3.63) is 48.6 Å². The number of hydrogen-bond donors (Lipinski definition) is 0. The second kappa shape index (κ2) is 15.3. The van der Waals surface area contributed by atoms with Crippen LogP contribution in [0, 0.1) is 12.2 Å². The molecule has 0 bridgehead atoms. The van der Waals surface area contributed by atoms with E-state index in [0.717, 1.165) is 12.8 Å². The van der Waals surface area contributed by atoms with Gasteiger partial charge in [-0.2, -0.15) is 12.2 Å². The van der Waals surface area contributed by atoms with Crippen molar-refractivity contribution in [1.29, 1.82) is 0 Å². The van der Waals surface area contributed by atoms with Crippen molar-refractivity contribution < 1.29 is 30.6 Å². The zero-order chi connectivity index (χ0) is 9.78. The van der Waals surface area contributed by atoms with Crippen molar-refractivity contribution in [3.63, 3.8) is 0 Å². The van der Waals surface area contributed by atoms with Crippen LogP contribution in [0.3, 0.4) is 0 Å². The van der Waals surface area contributed by atoms with E-state index in [1.807, 2.05) is 24.3 Å². The van der Waals surface area contributed by atoms with E-state index in [1.165, 1.54) is 0 Å². The normalized spacial score (nSPS) is 13.9. The van der Waals surface area contributed by atoms with E-state index in [9.17, 15) is 0 Å². The summed E-state index contributed by atoms with van der Waals surface area (Å²) in [4.78, 5) is 0. The number of ether oxygens (including phenoxy) is 1. The van der Waals surface area contributed by atoms with Gasteiger partial charge in [0, 0.05) is 40.1 Å². The van der Waals surface area contributed by atoms with Gasteiger partial charge in [0.2, 0.25) is 0 Å². The summed E-state index contributed by atoms with van der Waals surface area (Å²) in [6.45, 7) is 0. The first-order chi connectivity index (χ1) is 6.41. The van der Waals surface area contributed by atoms with Gasteiger partial charge < -0.3 is 4.74 Å². The number of allylic oxidation sites excluding steroid dienone is 8. The molecule has 1 nitrogen and oxygen atoms in total. The maximum atomic E-state index is 4.25. The fraction of sp³-hybridized carbons (Fsp3) is 0.333. The molecule has 0 spiro atoms. The first kappa shape index (κ1) is 16.2. The molecule has 0 saturated heterocycles. The summed E-state index contributed by atoms with van der Waals surface area (Å²) in [6.07, 6.45) is 20.0. The molecule has 0 radical (unpaired) electrons. The minimum Gasteiger partial charge on any atom is -0.388 e. The molecule has 0 fully saturated rings. The Kier molecular flexibility index (Phi) is 17.7. The molecule has 0 aromatic rings. The molecule has 0 heterocycles. The van der Waals surface area contributed by atoms with E-state index >= 15 is 0 Å². The fourth-order valence-corrected chi connectivity index (χ4v) is 0.680. The number of rotatable bonds is 0. The Bertz CT molecular complexity index is 160. The minimum absolute atomic E-state index is 0. The molecule has 0 unspecified atom stereocenters. The average Bonchev–Trinajstić information content (AvgIpc) is 2.85. The SMILES string of the molecule is COC.[C-]1=CC=CC1.[C-]1=CC=CC1.[Hf]. The standard InChI is InChI=1S/2C5H5.C2H6O.Hf/c2*1-2-4-5-3-1;1-3-2;/h2*1-3H,4H2;1-2H3;/q2*-1;;. The van der Waals surface area contributed by atoms with Crippen LogP contribution in [0.1, 0.15) is 12.8 Å². The van der Waals surface area contributed by atoms with Gasteiger partial charge in [-0.05, 0) is 0 Å². The number of hydrogen-bond acceptors (Lipinski definition) is 1. The van der Waals surface area contributed by atoms with E-state index < -0.39 is 0 Å². The van der Waals surface area contributed by atoms with Crippen molar-refractivity contribution in [2.24, 2.45) is 0 Å². The summed E-state index contributed by atoms with van der Waals surface area (Å²) < 4.78 is 4.25. The molecule has 0 saturated carbocycles. The van der Waals surface area contributed by atoms with E-state index in [0.29, 0.717) is 0 Å². The first-order valence-electron chi connectivity index (χ1n) is 4.25. The van der Waals surface area contributed by atoms with Gasteiger partial charge in [-0.15, -0.1) is 12.8 Å². The van der Waals surface area contributed by atoms with Gasteiger partial charge in [-0.25, -0.2) is 24.3 Å². The molecule has 14 heavy (non-hydrogen) atoms. The van der Waals surface area contributed by atoms with Crippen LogP contribution in [0.25, 0.3) is 0 Å². The third-order valence-electron chi connectivity index (χ3n) is 1.17. The minimum atomic E-state index is 0. The molecule has 0 aromatic carbocycles. The third kappa shape index (κ3) is 14.3. The quantitative estimate of drug-likeness (QED) is 0.480. The molecule has 0 aromatic heterocycles. The van der Waals surface area contributed by atoms with Crippen molar-refractivity contribution in [2.45, 2.75) is 12.8 Å². The van der Waals surface area contributed by atoms with Crippen LogP contribution in [0.5, 0.6) is 0 Å². The summed E-state index contributed by atoms with van der Waals surface area (Å²) in [5, 5.41) is 0. The van der Waals surface area contributed by atoms with Gasteiger partial charge in [0.25, 0.3) is 0 Å². The van der Waals surface area contributed by atoms with E-state index in [-0.39, 0.29) is 25.8 Å². The topological polar surface area (TPSA) is 9.23 Å². The molecule has 2 aliphatic carbocycles. The van der Waals surface area contributed by atoms with Gasteiger partial charge in [-0.1, -0.05) is 0 Å².